The lowest BCUT2D eigenvalue weighted by Gasteiger charge is -2.24. The van der Waals surface area contributed by atoms with E-state index < -0.39 is 0 Å². The van der Waals surface area contributed by atoms with Crippen LogP contribution >= 0.6 is 15.9 Å². The van der Waals surface area contributed by atoms with Crippen molar-refractivity contribution in [1.29, 1.82) is 0 Å². The van der Waals surface area contributed by atoms with E-state index in [1.165, 1.54) is 4.90 Å². The number of hydrogen-bond acceptors (Lipinski definition) is 3. The highest BCUT2D eigenvalue weighted by Gasteiger charge is 2.16. The maximum Gasteiger partial charge on any atom is 0.322 e. The molecule has 1 aromatic rings. The zero-order valence-corrected chi connectivity index (χ0v) is 12.2. The number of urea groups is 1. The van der Waals surface area contributed by atoms with E-state index in [1.54, 1.807) is 33.2 Å². The van der Waals surface area contributed by atoms with Crippen LogP contribution in [0.2, 0.25) is 0 Å². The molecule has 1 atom stereocenters. The van der Waals surface area contributed by atoms with E-state index in [0.717, 1.165) is 4.47 Å². The highest BCUT2D eigenvalue weighted by Crippen LogP contribution is 2.28. The Morgan fingerprint density at radius 3 is 2.83 bits per heavy atom. The third kappa shape index (κ3) is 3.61. The van der Waals surface area contributed by atoms with Crippen molar-refractivity contribution in [2.24, 2.45) is 0 Å². The molecule has 0 aliphatic carbocycles. The maximum atomic E-state index is 11.9. The van der Waals surface area contributed by atoms with Gasteiger partial charge < -0.3 is 20.1 Å². The first-order valence-corrected chi connectivity index (χ1v) is 6.27. The second kappa shape index (κ2) is 6.61. The lowest BCUT2D eigenvalue weighted by Crippen LogP contribution is -2.40. The molecule has 2 amide bonds. The van der Waals surface area contributed by atoms with Crippen molar-refractivity contribution < 1.29 is 14.6 Å². The number of likely N-dealkylation sites (N-methyl/N-ethyl adjacent to an activating group) is 1. The Bertz CT molecular complexity index is 426. The molecule has 0 saturated carbocycles. The van der Waals surface area contributed by atoms with E-state index >= 15 is 0 Å². The summed E-state index contributed by atoms with van der Waals surface area (Å²) in [6.45, 7) is 1.68. The van der Waals surface area contributed by atoms with Crippen molar-refractivity contribution in [2.75, 3.05) is 26.1 Å². The Morgan fingerprint density at radius 1 is 1.61 bits per heavy atom. The molecule has 1 rings (SSSR count). The van der Waals surface area contributed by atoms with Crippen LogP contribution in [-0.4, -0.2) is 42.8 Å². The van der Waals surface area contributed by atoms with Gasteiger partial charge in [0.15, 0.2) is 0 Å². The van der Waals surface area contributed by atoms with Gasteiger partial charge in [0.1, 0.15) is 5.75 Å². The van der Waals surface area contributed by atoms with Gasteiger partial charge in [-0.3, -0.25) is 0 Å². The van der Waals surface area contributed by atoms with Crippen molar-refractivity contribution >= 4 is 27.6 Å². The van der Waals surface area contributed by atoms with Crippen LogP contribution in [0.3, 0.4) is 0 Å². The summed E-state index contributed by atoms with van der Waals surface area (Å²) in [5, 5.41) is 11.7. The van der Waals surface area contributed by atoms with Crippen LogP contribution in [-0.2, 0) is 0 Å². The van der Waals surface area contributed by atoms with Gasteiger partial charge in [0.2, 0.25) is 0 Å². The number of nitrogens with zero attached hydrogens (tertiary/aromatic N) is 1. The lowest BCUT2D eigenvalue weighted by molar-refractivity contribution is 0.166. The summed E-state index contributed by atoms with van der Waals surface area (Å²) in [5.74, 6) is 0.580. The van der Waals surface area contributed by atoms with Crippen molar-refractivity contribution in [2.45, 2.75) is 13.0 Å². The topological polar surface area (TPSA) is 61.8 Å². The number of amides is 2. The van der Waals surface area contributed by atoms with Crippen molar-refractivity contribution in [1.82, 2.24) is 4.90 Å². The van der Waals surface area contributed by atoms with Crippen molar-refractivity contribution in [3.05, 3.63) is 22.7 Å². The average molecular weight is 317 g/mol. The fourth-order valence-electron chi connectivity index (χ4n) is 1.30. The van der Waals surface area contributed by atoms with Crippen LogP contribution in [0, 0.1) is 0 Å². The molecular weight excluding hydrogens is 300 g/mol. The van der Waals surface area contributed by atoms with E-state index in [1.807, 2.05) is 6.07 Å². The zero-order valence-electron chi connectivity index (χ0n) is 10.6. The SMILES string of the molecule is COc1ccc(Br)cc1NC(=O)N(C)C(C)CO. The van der Waals surface area contributed by atoms with Crippen LogP contribution in [0.5, 0.6) is 5.75 Å². The van der Waals surface area contributed by atoms with Gasteiger partial charge in [-0.05, 0) is 25.1 Å². The van der Waals surface area contributed by atoms with Crippen LogP contribution in [0.15, 0.2) is 22.7 Å². The number of rotatable bonds is 4. The van der Waals surface area contributed by atoms with E-state index in [2.05, 4.69) is 21.2 Å². The van der Waals surface area contributed by atoms with Gasteiger partial charge in [0.25, 0.3) is 0 Å². The summed E-state index contributed by atoms with van der Waals surface area (Å²) >= 11 is 3.33. The van der Waals surface area contributed by atoms with Gasteiger partial charge in [0.05, 0.1) is 25.4 Å². The molecule has 0 aliphatic heterocycles. The molecule has 0 bridgehead atoms. The van der Waals surface area contributed by atoms with Gasteiger partial charge in [-0.25, -0.2) is 4.79 Å². The lowest BCUT2D eigenvalue weighted by atomic mass is 10.3. The van der Waals surface area contributed by atoms with E-state index in [0.29, 0.717) is 11.4 Å². The Hall–Kier alpha value is -1.27. The summed E-state index contributed by atoms with van der Waals surface area (Å²) in [4.78, 5) is 13.4. The predicted molar refractivity (Wildman–Crippen MR) is 74.0 cm³/mol. The molecule has 0 radical (unpaired) electrons. The van der Waals surface area contributed by atoms with Crippen LogP contribution < -0.4 is 10.1 Å². The first-order valence-electron chi connectivity index (χ1n) is 5.47. The minimum atomic E-state index is -0.298. The van der Waals surface area contributed by atoms with Crippen LogP contribution in [0.4, 0.5) is 10.5 Å². The number of aliphatic hydroxyl groups excluding tert-OH is 1. The van der Waals surface area contributed by atoms with Crippen LogP contribution in [0.1, 0.15) is 6.92 Å². The first kappa shape index (κ1) is 14.8. The fraction of sp³-hybridized carbons (Fsp3) is 0.417. The summed E-state index contributed by atoms with van der Waals surface area (Å²) in [6, 6.07) is 4.80. The average Bonchev–Trinajstić information content (AvgIpc) is 2.37. The van der Waals surface area contributed by atoms with Gasteiger partial charge in [-0.1, -0.05) is 15.9 Å². The molecule has 6 heteroatoms. The second-order valence-electron chi connectivity index (χ2n) is 3.92. The zero-order chi connectivity index (χ0) is 13.7. The number of ether oxygens (including phenoxy) is 1. The Kier molecular flexibility index (Phi) is 5.43. The fourth-order valence-corrected chi connectivity index (χ4v) is 1.66. The molecule has 0 heterocycles. The number of aliphatic hydroxyl groups is 1. The number of anilines is 1. The molecule has 0 aromatic heterocycles. The molecule has 1 unspecified atom stereocenters. The molecule has 100 valence electrons. The van der Waals surface area contributed by atoms with Crippen molar-refractivity contribution in [3.63, 3.8) is 0 Å². The molecule has 0 saturated heterocycles. The minimum absolute atomic E-state index is 0.0838. The molecule has 1 aromatic carbocycles. The minimum Gasteiger partial charge on any atom is -0.495 e. The number of methoxy groups -OCH3 is 1. The van der Waals surface area contributed by atoms with Gasteiger partial charge in [0, 0.05) is 11.5 Å². The van der Waals surface area contributed by atoms with Crippen molar-refractivity contribution in [3.8, 4) is 5.75 Å². The van der Waals surface area contributed by atoms with Crippen LogP contribution in [0.25, 0.3) is 0 Å². The molecule has 0 aliphatic rings. The number of nitrogens with one attached hydrogen (secondary N) is 1. The summed E-state index contributed by atoms with van der Waals surface area (Å²) in [7, 11) is 3.17. The smallest absolute Gasteiger partial charge is 0.322 e. The third-order valence-corrected chi connectivity index (χ3v) is 3.14. The summed E-state index contributed by atoms with van der Waals surface area (Å²) in [5.41, 5.74) is 0.578. The molecule has 2 N–H and O–H groups in total. The number of hydrogen-bond donors (Lipinski definition) is 2. The molecule has 0 spiro atoms. The van der Waals surface area contributed by atoms with Gasteiger partial charge in [-0.15, -0.1) is 0 Å². The third-order valence-electron chi connectivity index (χ3n) is 2.65. The molecular formula is C12H17BrN2O3. The highest BCUT2D eigenvalue weighted by atomic mass is 79.9. The predicted octanol–water partition coefficient (Wildman–Crippen LogP) is 2.30. The summed E-state index contributed by atoms with van der Waals surface area (Å²) < 4.78 is 6.01. The second-order valence-corrected chi connectivity index (χ2v) is 4.83. The standard InChI is InChI=1S/C12H17BrN2O3/c1-8(7-16)15(2)12(17)14-10-6-9(13)4-5-11(10)18-3/h4-6,8,16H,7H2,1-3H3,(H,14,17). The molecule has 0 fully saturated rings. The summed E-state index contributed by atoms with van der Waals surface area (Å²) in [6.07, 6.45) is 0. The Balaban J connectivity index is 2.84. The van der Waals surface area contributed by atoms with Gasteiger partial charge >= 0.3 is 6.03 Å². The van der Waals surface area contributed by atoms with E-state index in [9.17, 15) is 4.79 Å². The molecule has 18 heavy (non-hydrogen) atoms. The Morgan fingerprint density at radius 2 is 2.28 bits per heavy atom. The van der Waals surface area contributed by atoms with Gasteiger partial charge in [-0.2, -0.15) is 0 Å². The largest absolute Gasteiger partial charge is 0.495 e. The van der Waals surface area contributed by atoms with E-state index in [-0.39, 0.29) is 18.7 Å². The first-order chi connectivity index (χ1) is 8.49. The monoisotopic (exact) mass is 316 g/mol. The highest BCUT2D eigenvalue weighted by molar-refractivity contribution is 9.10. The number of carbonyl (C=O) groups is 1. The Labute approximate surface area is 115 Å². The molecule has 5 nitrogen and oxygen atoms in total. The van der Waals surface area contributed by atoms with E-state index in [4.69, 9.17) is 9.84 Å². The quantitative estimate of drug-likeness (QED) is 0.896. The number of halogens is 1. The maximum absolute atomic E-state index is 11.9. The number of carbonyl (C=O) groups excluding carboxylic acids is 1. The normalized spacial score (nSPS) is 11.8. The number of benzene rings is 1.